The van der Waals surface area contributed by atoms with Crippen LogP contribution in [0, 0.1) is 5.82 Å². The minimum Gasteiger partial charge on any atom is -0.342 e. The second-order valence-electron chi connectivity index (χ2n) is 9.90. The molecule has 8 heteroatoms. The first-order chi connectivity index (χ1) is 19.4. The highest BCUT2D eigenvalue weighted by Gasteiger charge is 2.22. The molecule has 0 fully saturated rings. The number of carbonyl (C=O) groups excluding carboxylic acids is 1. The lowest BCUT2D eigenvalue weighted by molar-refractivity contribution is 0.0792. The molecule has 0 radical (unpaired) electrons. The van der Waals surface area contributed by atoms with Crippen molar-refractivity contribution >= 4 is 28.5 Å². The summed E-state index contributed by atoms with van der Waals surface area (Å²) in [7, 11) is 1.87. The van der Waals surface area contributed by atoms with Crippen LogP contribution in [0.15, 0.2) is 96.3 Å². The number of anilines is 1. The van der Waals surface area contributed by atoms with Gasteiger partial charge in [0.05, 0.1) is 5.70 Å². The smallest absolute Gasteiger partial charge is 0.253 e. The van der Waals surface area contributed by atoms with E-state index in [2.05, 4.69) is 23.5 Å². The molecule has 208 valence electrons. The molecule has 0 aliphatic carbocycles. The maximum atomic E-state index is 13.4. The van der Waals surface area contributed by atoms with Crippen LogP contribution < -0.4 is 4.90 Å². The van der Waals surface area contributed by atoms with E-state index < -0.39 is 0 Å². The van der Waals surface area contributed by atoms with Crippen LogP contribution in [0.5, 0.6) is 0 Å². The summed E-state index contributed by atoms with van der Waals surface area (Å²) in [5.41, 5.74) is 5.00. The molecule has 0 spiro atoms. The highest BCUT2D eigenvalue weighted by molar-refractivity contribution is 8.13. The number of benzene rings is 2. The van der Waals surface area contributed by atoms with Crippen molar-refractivity contribution in [2.75, 3.05) is 18.5 Å². The van der Waals surface area contributed by atoms with Crippen LogP contribution in [-0.2, 0) is 12.2 Å². The largest absolute Gasteiger partial charge is 0.342 e. The van der Waals surface area contributed by atoms with Gasteiger partial charge in [-0.25, -0.2) is 19.4 Å². The summed E-state index contributed by atoms with van der Waals surface area (Å²) in [6.45, 7) is 7.14. The SMILES string of the molecule is C=C1N=C(SCc2ccc(F)cc2)N(c2cccc(C(=O)N(C)CCCCCCC)c2)C=C1Cc1cncnc1. The number of rotatable bonds is 12. The first-order valence-electron chi connectivity index (χ1n) is 13.7. The molecule has 0 bridgehead atoms. The number of aliphatic imine (C=N–C) groups is 1. The van der Waals surface area contributed by atoms with Gasteiger partial charge in [-0.1, -0.05) is 69.1 Å². The second kappa shape index (κ2) is 14.6. The van der Waals surface area contributed by atoms with Crippen molar-refractivity contribution < 1.29 is 9.18 Å². The normalized spacial score (nSPS) is 13.2. The number of thioether (sulfide) groups is 1. The van der Waals surface area contributed by atoms with Crippen molar-refractivity contribution in [3.8, 4) is 0 Å². The Kier molecular flexibility index (Phi) is 10.6. The fourth-order valence-electron chi connectivity index (χ4n) is 4.39. The molecule has 4 rings (SSSR count). The molecular formula is C32H36FN5OS. The fraction of sp³-hybridized carbons (Fsp3) is 0.312. The summed E-state index contributed by atoms with van der Waals surface area (Å²) in [6, 6.07) is 14.1. The number of hydrogen-bond donors (Lipinski definition) is 0. The summed E-state index contributed by atoms with van der Waals surface area (Å²) in [5.74, 6) is 0.350. The maximum Gasteiger partial charge on any atom is 0.253 e. The molecule has 0 saturated heterocycles. The van der Waals surface area contributed by atoms with Crippen LogP contribution in [0.2, 0.25) is 0 Å². The van der Waals surface area contributed by atoms with E-state index in [0.717, 1.165) is 46.9 Å². The van der Waals surface area contributed by atoms with Crippen LogP contribution >= 0.6 is 11.8 Å². The molecule has 0 N–H and O–H groups in total. The quantitative estimate of drug-likeness (QED) is 0.217. The van der Waals surface area contributed by atoms with Gasteiger partial charge in [0.15, 0.2) is 5.17 Å². The van der Waals surface area contributed by atoms with Gasteiger partial charge in [-0.3, -0.25) is 9.69 Å². The lowest BCUT2D eigenvalue weighted by atomic mass is 10.1. The van der Waals surface area contributed by atoms with Gasteiger partial charge < -0.3 is 4.90 Å². The van der Waals surface area contributed by atoms with Crippen LogP contribution in [0.4, 0.5) is 10.1 Å². The highest BCUT2D eigenvalue weighted by atomic mass is 32.2. The van der Waals surface area contributed by atoms with Gasteiger partial charge in [-0.2, -0.15) is 0 Å². The lowest BCUT2D eigenvalue weighted by Gasteiger charge is -2.28. The van der Waals surface area contributed by atoms with Gasteiger partial charge in [0.2, 0.25) is 0 Å². The average molecular weight is 558 g/mol. The standard InChI is InChI=1S/C32H36FN5OS/c1-4-5-6-7-8-16-37(3)31(39)27-10-9-11-30(18-27)38-21-28(17-26-19-34-23-35-20-26)24(2)36-32(38)40-22-25-12-14-29(33)15-13-25/h9-15,18-21,23H,2,4-8,16-17,22H2,1,3H3. The van der Waals surface area contributed by atoms with Crippen LogP contribution in [0.25, 0.3) is 0 Å². The molecule has 3 aromatic rings. The predicted molar refractivity (Wildman–Crippen MR) is 163 cm³/mol. The molecule has 2 aromatic carbocycles. The third-order valence-electron chi connectivity index (χ3n) is 6.70. The van der Waals surface area contributed by atoms with Gasteiger partial charge in [-0.15, -0.1) is 0 Å². The summed E-state index contributed by atoms with van der Waals surface area (Å²) in [6.07, 6.45) is 13.5. The van der Waals surface area contributed by atoms with E-state index in [9.17, 15) is 9.18 Å². The zero-order valence-electron chi connectivity index (χ0n) is 23.2. The minimum absolute atomic E-state index is 0.00171. The Labute approximate surface area is 240 Å². The van der Waals surface area contributed by atoms with Gasteiger partial charge in [0, 0.05) is 55.6 Å². The van der Waals surface area contributed by atoms with Crippen LogP contribution in [-0.4, -0.2) is 39.5 Å². The van der Waals surface area contributed by atoms with E-state index in [1.165, 1.54) is 49.5 Å². The highest BCUT2D eigenvalue weighted by Crippen LogP contribution is 2.31. The number of amidine groups is 1. The van der Waals surface area contributed by atoms with E-state index in [1.54, 1.807) is 29.4 Å². The van der Waals surface area contributed by atoms with Gasteiger partial charge in [0.25, 0.3) is 5.91 Å². The first-order valence-corrected chi connectivity index (χ1v) is 14.7. The third kappa shape index (κ3) is 8.11. The third-order valence-corrected chi connectivity index (χ3v) is 7.72. The van der Waals surface area contributed by atoms with Gasteiger partial charge >= 0.3 is 0 Å². The number of nitrogens with zero attached hydrogens (tertiary/aromatic N) is 5. The minimum atomic E-state index is -0.261. The Hall–Kier alpha value is -3.78. The number of carbonyl (C=O) groups is 1. The van der Waals surface area contributed by atoms with E-state index >= 15 is 0 Å². The lowest BCUT2D eigenvalue weighted by Crippen LogP contribution is -2.29. The topological polar surface area (TPSA) is 61.7 Å². The van der Waals surface area contributed by atoms with Gasteiger partial charge in [0.1, 0.15) is 12.1 Å². The Morgan fingerprint density at radius 3 is 2.52 bits per heavy atom. The number of amides is 1. The Bertz CT molecular complexity index is 1360. The fourth-order valence-corrected chi connectivity index (χ4v) is 5.35. The van der Waals surface area contributed by atoms with Crippen molar-refractivity contribution in [1.29, 1.82) is 0 Å². The van der Waals surface area contributed by atoms with E-state index in [4.69, 9.17) is 4.99 Å². The molecular weight excluding hydrogens is 521 g/mol. The van der Waals surface area contributed by atoms with Crippen LogP contribution in [0.1, 0.15) is 60.5 Å². The molecule has 1 aromatic heterocycles. The molecule has 0 unspecified atom stereocenters. The summed E-state index contributed by atoms with van der Waals surface area (Å²) in [5, 5.41) is 0.733. The predicted octanol–water partition coefficient (Wildman–Crippen LogP) is 7.41. The molecule has 40 heavy (non-hydrogen) atoms. The zero-order chi connectivity index (χ0) is 28.3. The van der Waals surface area contributed by atoms with Gasteiger partial charge in [-0.05, 0) is 53.5 Å². The Morgan fingerprint density at radius 1 is 1.02 bits per heavy atom. The molecule has 1 aliphatic rings. The van der Waals surface area contributed by atoms with E-state index in [-0.39, 0.29) is 11.7 Å². The monoisotopic (exact) mass is 557 g/mol. The maximum absolute atomic E-state index is 13.4. The van der Waals surface area contributed by atoms with Crippen molar-refractivity contribution in [1.82, 2.24) is 14.9 Å². The van der Waals surface area contributed by atoms with E-state index in [1.807, 2.05) is 42.4 Å². The van der Waals surface area contributed by atoms with Crippen molar-refractivity contribution in [2.24, 2.45) is 4.99 Å². The van der Waals surface area contributed by atoms with Crippen molar-refractivity contribution in [2.45, 2.75) is 51.2 Å². The van der Waals surface area contributed by atoms with Crippen LogP contribution in [0.3, 0.4) is 0 Å². The number of aromatic nitrogens is 2. The molecule has 1 aliphatic heterocycles. The number of unbranched alkanes of at least 4 members (excludes halogenated alkanes) is 4. The first kappa shape index (κ1) is 29.2. The molecule has 0 saturated carbocycles. The zero-order valence-corrected chi connectivity index (χ0v) is 24.0. The summed E-state index contributed by atoms with van der Waals surface area (Å²) < 4.78 is 13.4. The molecule has 1 amide bonds. The molecule has 2 heterocycles. The second-order valence-corrected chi connectivity index (χ2v) is 10.8. The number of allylic oxidation sites excluding steroid dienone is 1. The van der Waals surface area contributed by atoms with Crippen molar-refractivity contribution in [3.05, 3.63) is 114 Å². The van der Waals surface area contributed by atoms with Crippen molar-refractivity contribution in [3.63, 3.8) is 0 Å². The average Bonchev–Trinajstić information content (AvgIpc) is 2.98. The van der Waals surface area contributed by atoms with E-state index in [0.29, 0.717) is 23.4 Å². The number of hydrogen-bond acceptors (Lipinski definition) is 6. The molecule has 0 atom stereocenters. The summed E-state index contributed by atoms with van der Waals surface area (Å²) in [4.78, 5) is 30.2. The summed E-state index contributed by atoms with van der Waals surface area (Å²) >= 11 is 1.54. The Balaban J connectivity index is 1.56. The Morgan fingerprint density at radius 2 is 1.77 bits per heavy atom. The number of halogens is 1. The molecule has 6 nitrogen and oxygen atoms in total.